The molecule has 0 spiro atoms. The van der Waals surface area contributed by atoms with Gasteiger partial charge in [0.15, 0.2) is 0 Å². The van der Waals surface area contributed by atoms with Gasteiger partial charge >= 0.3 is 0 Å². The van der Waals surface area contributed by atoms with Crippen molar-refractivity contribution in [2.24, 2.45) is 17.8 Å². The van der Waals surface area contributed by atoms with Gasteiger partial charge in [0.05, 0.1) is 0 Å². The fraction of sp³-hybridized carbons (Fsp3) is 1.00. The van der Waals surface area contributed by atoms with Gasteiger partial charge in [0.1, 0.15) is 0 Å². The zero-order chi connectivity index (χ0) is 11.3. The second-order valence-corrected chi connectivity index (χ2v) is 6.06. The fourth-order valence-electron chi connectivity index (χ4n) is 2.85. The van der Waals surface area contributed by atoms with E-state index < -0.39 is 0 Å². The molecule has 0 aliphatic carbocycles. The largest absolute Gasteiger partial charge is 0.313 e. The third-order valence-electron chi connectivity index (χ3n) is 4.90. The maximum absolute atomic E-state index is 10.3. The van der Waals surface area contributed by atoms with Crippen molar-refractivity contribution in [1.29, 1.82) is 0 Å². The van der Waals surface area contributed by atoms with Crippen molar-refractivity contribution in [3.8, 4) is 0 Å². The van der Waals surface area contributed by atoms with Gasteiger partial charge in [-0.2, -0.15) is 5.06 Å². The van der Waals surface area contributed by atoms with Gasteiger partial charge in [-0.25, -0.2) is 0 Å². The summed E-state index contributed by atoms with van der Waals surface area (Å²) in [5, 5.41) is 11.8. The Labute approximate surface area is 88.3 Å². The smallest absolute Gasteiger partial charge is 0.0438 e. The van der Waals surface area contributed by atoms with Crippen LogP contribution in [0.2, 0.25) is 0 Å². The van der Waals surface area contributed by atoms with E-state index in [-0.39, 0.29) is 11.1 Å². The Hall–Kier alpha value is -0.0800. The number of rotatable bonds is 0. The summed E-state index contributed by atoms with van der Waals surface area (Å²) >= 11 is 0. The molecule has 1 N–H and O–H groups in total. The lowest BCUT2D eigenvalue weighted by atomic mass is 9.63. The number of piperidine rings is 1. The van der Waals surface area contributed by atoms with Gasteiger partial charge in [-0.15, -0.1) is 0 Å². The number of hydrogen-bond donors (Lipinski definition) is 1. The van der Waals surface area contributed by atoms with Crippen molar-refractivity contribution >= 4 is 0 Å². The van der Waals surface area contributed by atoms with Crippen LogP contribution >= 0.6 is 0 Å². The summed E-state index contributed by atoms with van der Waals surface area (Å²) in [6, 6.07) is 0. The van der Waals surface area contributed by atoms with E-state index in [4.69, 9.17) is 0 Å². The normalized spacial score (nSPS) is 42.4. The van der Waals surface area contributed by atoms with E-state index in [1.165, 1.54) is 0 Å². The van der Waals surface area contributed by atoms with Crippen LogP contribution in [0.15, 0.2) is 0 Å². The Kier molecular flexibility index (Phi) is 2.75. The Bertz CT molecular complexity index is 200. The fourth-order valence-corrected chi connectivity index (χ4v) is 2.85. The molecule has 2 unspecified atom stereocenters. The maximum Gasteiger partial charge on any atom is 0.0438 e. The first-order valence-electron chi connectivity index (χ1n) is 5.62. The third-order valence-corrected chi connectivity index (χ3v) is 4.90. The predicted molar refractivity (Wildman–Crippen MR) is 59.3 cm³/mol. The van der Waals surface area contributed by atoms with Crippen molar-refractivity contribution in [3.63, 3.8) is 0 Å². The highest BCUT2D eigenvalue weighted by atomic mass is 16.5. The average Bonchev–Trinajstić information content (AvgIpc) is 2.11. The summed E-state index contributed by atoms with van der Waals surface area (Å²) in [4.78, 5) is 0. The SMILES string of the molecule is CC1C(C)C(C)(C)N(O)C(C)(C)C1C. The molecule has 1 rings (SSSR count). The number of hydrogen-bond acceptors (Lipinski definition) is 2. The van der Waals surface area contributed by atoms with Gasteiger partial charge in [-0.05, 0) is 45.4 Å². The monoisotopic (exact) mass is 199 g/mol. The molecule has 0 aromatic carbocycles. The van der Waals surface area contributed by atoms with Gasteiger partial charge in [-0.1, -0.05) is 20.8 Å². The molecule has 1 saturated heterocycles. The van der Waals surface area contributed by atoms with Crippen LogP contribution < -0.4 is 0 Å². The third kappa shape index (κ3) is 1.40. The van der Waals surface area contributed by atoms with E-state index in [9.17, 15) is 5.21 Å². The number of nitrogens with zero attached hydrogens (tertiary/aromatic N) is 1. The van der Waals surface area contributed by atoms with Gasteiger partial charge in [0.2, 0.25) is 0 Å². The molecule has 1 fully saturated rings. The van der Waals surface area contributed by atoms with Crippen LogP contribution in [0.3, 0.4) is 0 Å². The molecule has 14 heavy (non-hydrogen) atoms. The summed E-state index contributed by atoms with van der Waals surface area (Å²) in [6.45, 7) is 15.3. The topological polar surface area (TPSA) is 23.5 Å². The minimum atomic E-state index is -0.130. The molecule has 1 heterocycles. The summed E-state index contributed by atoms with van der Waals surface area (Å²) < 4.78 is 0. The van der Waals surface area contributed by atoms with Gasteiger partial charge in [0.25, 0.3) is 0 Å². The van der Waals surface area contributed by atoms with Crippen LogP contribution in [0.5, 0.6) is 0 Å². The van der Waals surface area contributed by atoms with Crippen LogP contribution in [-0.4, -0.2) is 21.3 Å². The van der Waals surface area contributed by atoms with Gasteiger partial charge < -0.3 is 5.21 Å². The second kappa shape index (κ2) is 3.21. The van der Waals surface area contributed by atoms with Crippen molar-refractivity contribution in [3.05, 3.63) is 0 Å². The minimum absolute atomic E-state index is 0.130. The first-order valence-corrected chi connectivity index (χ1v) is 5.62. The minimum Gasteiger partial charge on any atom is -0.313 e. The highest BCUT2D eigenvalue weighted by Crippen LogP contribution is 2.46. The van der Waals surface area contributed by atoms with Gasteiger partial charge in [-0.3, -0.25) is 0 Å². The van der Waals surface area contributed by atoms with Crippen molar-refractivity contribution in [2.75, 3.05) is 0 Å². The summed E-state index contributed by atoms with van der Waals surface area (Å²) in [5.74, 6) is 1.66. The van der Waals surface area contributed by atoms with E-state index in [0.717, 1.165) is 0 Å². The highest BCUT2D eigenvalue weighted by Gasteiger charge is 2.52. The molecule has 0 radical (unpaired) electrons. The summed E-state index contributed by atoms with van der Waals surface area (Å²) in [5.41, 5.74) is -0.259. The van der Waals surface area contributed by atoms with Crippen molar-refractivity contribution in [1.82, 2.24) is 5.06 Å². The lowest BCUT2D eigenvalue weighted by molar-refractivity contribution is -0.284. The maximum atomic E-state index is 10.3. The molecule has 84 valence electrons. The van der Waals surface area contributed by atoms with Gasteiger partial charge in [0, 0.05) is 11.1 Å². The standard InChI is InChI=1S/C12H25NO/c1-8-9(2)11(4,5)13(14)12(6,7)10(8)3/h8-10,14H,1-7H3. The molecule has 0 aromatic rings. The zero-order valence-electron chi connectivity index (χ0n) is 10.6. The Morgan fingerprint density at radius 3 is 1.43 bits per heavy atom. The van der Waals surface area contributed by atoms with Crippen LogP contribution in [-0.2, 0) is 0 Å². The molecule has 0 aromatic heterocycles. The van der Waals surface area contributed by atoms with E-state index in [1.807, 2.05) is 0 Å². The van der Waals surface area contributed by atoms with E-state index >= 15 is 0 Å². The van der Waals surface area contributed by atoms with Crippen LogP contribution in [0.4, 0.5) is 0 Å². The van der Waals surface area contributed by atoms with E-state index in [0.29, 0.717) is 17.8 Å². The zero-order valence-corrected chi connectivity index (χ0v) is 10.6. The summed E-state index contributed by atoms with van der Waals surface area (Å²) in [7, 11) is 0. The number of hydroxylamine groups is 2. The van der Waals surface area contributed by atoms with Crippen LogP contribution in [0.1, 0.15) is 48.5 Å². The molecule has 2 atom stereocenters. The summed E-state index contributed by atoms with van der Waals surface area (Å²) in [6.07, 6.45) is 0. The quantitative estimate of drug-likeness (QED) is 0.648. The molecule has 0 amide bonds. The molecule has 2 heteroatoms. The molecule has 0 bridgehead atoms. The molecular formula is C12H25NO. The predicted octanol–water partition coefficient (Wildman–Crippen LogP) is 3.16. The molecule has 0 saturated carbocycles. The van der Waals surface area contributed by atoms with Crippen LogP contribution in [0, 0.1) is 17.8 Å². The first-order chi connectivity index (χ1) is 6.13. The molecule has 2 nitrogen and oxygen atoms in total. The highest BCUT2D eigenvalue weighted by molar-refractivity contribution is 5.02. The van der Waals surface area contributed by atoms with Crippen molar-refractivity contribution in [2.45, 2.75) is 59.5 Å². The Morgan fingerprint density at radius 2 is 1.14 bits per heavy atom. The lowest BCUT2D eigenvalue weighted by Crippen LogP contribution is -2.66. The average molecular weight is 199 g/mol. The van der Waals surface area contributed by atoms with E-state index in [1.54, 1.807) is 5.06 Å². The van der Waals surface area contributed by atoms with Crippen molar-refractivity contribution < 1.29 is 5.21 Å². The molecule has 1 aliphatic rings. The lowest BCUT2D eigenvalue weighted by Gasteiger charge is -2.58. The first kappa shape index (κ1) is 12.0. The molecular weight excluding hydrogens is 174 g/mol. The van der Waals surface area contributed by atoms with E-state index in [2.05, 4.69) is 48.5 Å². The Morgan fingerprint density at radius 1 is 0.857 bits per heavy atom. The molecule has 1 aliphatic heterocycles. The van der Waals surface area contributed by atoms with Crippen LogP contribution in [0.25, 0.3) is 0 Å². The Balaban J connectivity index is 3.09. The second-order valence-electron chi connectivity index (χ2n) is 6.06.